The molecule has 1 fully saturated rings. The summed E-state index contributed by atoms with van der Waals surface area (Å²) in [5, 5.41) is 12.9. The molecular weight excluding hydrogens is 276 g/mol. The van der Waals surface area contributed by atoms with Crippen LogP contribution in [0.4, 0.5) is 5.69 Å². The first-order chi connectivity index (χ1) is 9.79. The third-order valence-electron chi connectivity index (χ3n) is 3.19. The van der Waals surface area contributed by atoms with E-state index in [1.807, 2.05) is 18.2 Å². The summed E-state index contributed by atoms with van der Waals surface area (Å²) in [7, 11) is 0. The molecule has 0 spiro atoms. The van der Waals surface area contributed by atoms with Crippen molar-refractivity contribution in [3.05, 3.63) is 39.4 Å². The van der Waals surface area contributed by atoms with E-state index in [-0.39, 0.29) is 4.87 Å². The second kappa shape index (κ2) is 4.27. The van der Waals surface area contributed by atoms with Crippen molar-refractivity contribution in [2.75, 3.05) is 18.7 Å². The van der Waals surface area contributed by atoms with E-state index in [1.165, 1.54) is 11.3 Å². The molecule has 7 nitrogen and oxygen atoms in total. The Morgan fingerprint density at radius 1 is 1.25 bits per heavy atom. The Bertz CT molecular complexity index is 802. The van der Waals surface area contributed by atoms with Gasteiger partial charge >= 0.3 is 4.87 Å². The van der Waals surface area contributed by atoms with Gasteiger partial charge in [0.1, 0.15) is 18.2 Å². The molecule has 0 radical (unpaired) electrons. The Morgan fingerprint density at radius 2 is 2.20 bits per heavy atom. The lowest BCUT2D eigenvalue weighted by molar-refractivity contribution is 0.790. The smallest absolute Gasteiger partial charge is 0.305 e. The minimum absolute atomic E-state index is 0.0361. The van der Waals surface area contributed by atoms with Crippen LogP contribution in [0.1, 0.15) is 0 Å². The Labute approximate surface area is 117 Å². The van der Waals surface area contributed by atoms with Crippen LogP contribution < -0.4 is 26.1 Å². The van der Waals surface area contributed by atoms with E-state index in [4.69, 9.17) is 0 Å². The topological polar surface area (TPSA) is 93.3 Å². The molecular formula is C12H12N6OS. The number of anilines is 1. The molecule has 2 aromatic rings. The van der Waals surface area contributed by atoms with Gasteiger partial charge in [-0.2, -0.15) is 0 Å². The number of nitrogens with zero attached hydrogens (tertiary/aromatic N) is 1. The van der Waals surface area contributed by atoms with Crippen molar-refractivity contribution in [2.24, 2.45) is 4.99 Å². The normalized spacial score (nSPS) is 17.1. The summed E-state index contributed by atoms with van der Waals surface area (Å²) in [5.74, 6) is 1.76. The maximum absolute atomic E-state index is 11.3. The van der Waals surface area contributed by atoms with Gasteiger partial charge in [-0.1, -0.05) is 11.3 Å². The maximum atomic E-state index is 11.3. The number of rotatable bonds is 2. The van der Waals surface area contributed by atoms with E-state index < -0.39 is 0 Å². The molecule has 4 rings (SSSR count). The van der Waals surface area contributed by atoms with Crippen LogP contribution in [0.5, 0.6) is 0 Å². The summed E-state index contributed by atoms with van der Waals surface area (Å²) >= 11 is 1.21. The zero-order chi connectivity index (χ0) is 13.5. The molecule has 2 aliphatic heterocycles. The molecule has 20 heavy (non-hydrogen) atoms. The van der Waals surface area contributed by atoms with E-state index in [1.54, 1.807) is 0 Å². The van der Waals surface area contributed by atoms with Gasteiger partial charge in [0, 0.05) is 5.69 Å². The summed E-state index contributed by atoms with van der Waals surface area (Å²) < 4.78 is 0.938. The van der Waals surface area contributed by atoms with Crippen molar-refractivity contribution < 1.29 is 0 Å². The Kier molecular flexibility index (Phi) is 2.43. The molecule has 0 atom stereocenters. The first kappa shape index (κ1) is 11.4. The van der Waals surface area contributed by atoms with Crippen LogP contribution in [0.15, 0.2) is 39.5 Å². The van der Waals surface area contributed by atoms with Crippen LogP contribution in [-0.4, -0.2) is 24.2 Å². The number of fused-ring (bicyclic) bond motifs is 2. The molecule has 5 N–H and O–H groups in total. The molecule has 3 heterocycles. The van der Waals surface area contributed by atoms with E-state index >= 15 is 0 Å². The first-order valence-electron chi connectivity index (χ1n) is 6.20. The van der Waals surface area contributed by atoms with Crippen LogP contribution in [0, 0.1) is 0 Å². The lowest BCUT2D eigenvalue weighted by Crippen LogP contribution is -2.32. The number of aromatic amines is 1. The number of H-pyrrole nitrogens is 1. The summed E-state index contributed by atoms with van der Waals surface area (Å²) in [5.41, 5.74) is 2.74. The zero-order valence-corrected chi connectivity index (χ0v) is 11.2. The standard InChI is InChI=1S/C12H12N6OS/c19-12-18-7-2-1-6(3-8(7)20-12)17-11-9-10(14-4-13-9)15-5-16-11/h1-3,13,16-17H,4-5H2,(H,14,15)(H,18,19). The van der Waals surface area contributed by atoms with E-state index in [0.717, 1.165) is 33.3 Å². The zero-order valence-electron chi connectivity index (χ0n) is 10.4. The molecule has 2 aliphatic rings. The van der Waals surface area contributed by atoms with Crippen LogP contribution in [-0.2, 0) is 0 Å². The van der Waals surface area contributed by atoms with Crippen LogP contribution in [0.3, 0.4) is 0 Å². The number of amidine groups is 1. The molecule has 0 saturated carbocycles. The second-order valence-electron chi connectivity index (χ2n) is 4.47. The van der Waals surface area contributed by atoms with Crippen molar-refractivity contribution in [3.8, 4) is 0 Å². The van der Waals surface area contributed by atoms with Gasteiger partial charge in [0.05, 0.1) is 16.9 Å². The highest BCUT2D eigenvalue weighted by atomic mass is 32.1. The minimum atomic E-state index is -0.0361. The van der Waals surface area contributed by atoms with Crippen molar-refractivity contribution in [3.63, 3.8) is 0 Å². The van der Waals surface area contributed by atoms with Crippen LogP contribution in [0.2, 0.25) is 0 Å². The van der Waals surface area contributed by atoms with Gasteiger partial charge in [0.2, 0.25) is 0 Å². The molecule has 0 unspecified atom stereocenters. The maximum Gasteiger partial charge on any atom is 0.305 e. The number of hydrogen-bond donors (Lipinski definition) is 5. The summed E-state index contributed by atoms with van der Waals surface area (Å²) in [4.78, 5) is 18.4. The summed E-state index contributed by atoms with van der Waals surface area (Å²) in [6.45, 7) is 1.22. The average molecular weight is 288 g/mol. The summed E-state index contributed by atoms with van der Waals surface area (Å²) in [6.07, 6.45) is 0. The average Bonchev–Trinajstić information content (AvgIpc) is 3.03. The monoisotopic (exact) mass is 288 g/mol. The van der Waals surface area contributed by atoms with Gasteiger partial charge < -0.3 is 26.3 Å². The van der Waals surface area contributed by atoms with E-state index in [2.05, 4.69) is 31.2 Å². The lowest BCUT2D eigenvalue weighted by Gasteiger charge is -2.18. The molecule has 1 aromatic heterocycles. The fraction of sp³-hybridized carbons (Fsp3) is 0.167. The fourth-order valence-electron chi connectivity index (χ4n) is 2.29. The van der Waals surface area contributed by atoms with Crippen LogP contribution >= 0.6 is 11.3 Å². The Hall–Kier alpha value is -2.48. The van der Waals surface area contributed by atoms with E-state index in [9.17, 15) is 4.79 Å². The Morgan fingerprint density at radius 3 is 3.15 bits per heavy atom. The molecule has 1 saturated heterocycles. The largest absolute Gasteiger partial charge is 0.362 e. The quantitative estimate of drug-likeness (QED) is 0.547. The number of aromatic nitrogens is 1. The minimum Gasteiger partial charge on any atom is -0.362 e. The SMILES string of the molecule is O=c1[nH]c2ccc(NC3=C4NCNC4=NCN3)cc2s1. The predicted octanol–water partition coefficient (Wildman–Crippen LogP) is 0.280. The molecule has 102 valence electrons. The van der Waals surface area contributed by atoms with Crippen molar-refractivity contribution in [1.82, 2.24) is 20.9 Å². The molecule has 0 bridgehead atoms. The van der Waals surface area contributed by atoms with Crippen molar-refractivity contribution in [2.45, 2.75) is 0 Å². The lowest BCUT2D eigenvalue weighted by atomic mass is 10.3. The highest BCUT2D eigenvalue weighted by Gasteiger charge is 2.21. The van der Waals surface area contributed by atoms with Crippen molar-refractivity contribution >= 4 is 33.1 Å². The fourth-order valence-corrected chi connectivity index (χ4v) is 3.07. The molecule has 0 aliphatic carbocycles. The van der Waals surface area contributed by atoms with Gasteiger partial charge in [0.15, 0.2) is 5.84 Å². The Balaban J connectivity index is 1.70. The van der Waals surface area contributed by atoms with Gasteiger partial charge in [-0.05, 0) is 18.2 Å². The molecule has 0 amide bonds. The predicted molar refractivity (Wildman–Crippen MR) is 79.7 cm³/mol. The number of benzene rings is 1. The van der Waals surface area contributed by atoms with Gasteiger partial charge in [0.25, 0.3) is 0 Å². The molecule has 1 aromatic carbocycles. The molecule has 8 heteroatoms. The van der Waals surface area contributed by atoms with Crippen molar-refractivity contribution in [1.29, 1.82) is 0 Å². The highest BCUT2D eigenvalue weighted by molar-refractivity contribution is 7.16. The van der Waals surface area contributed by atoms with Gasteiger partial charge in [-0.3, -0.25) is 4.79 Å². The van der Waals surface area contributed by atoms with E-state index in [0.29, 0.717) is 13.3 Å². The first-order valence-corrected chi connectivity index (χ1v) is 7.02. The highest BCUT2D eigenvalue weighted by Crippen LogP contribution is 2.21. The van der Waals surface area contributed by atoms with Gasteiger partial charge in [-0.25, -0.2) is 4.99 Å². The third kappa shape index (κ3) is 1.81. The number of thiazole rings is 1. The number of aliphatic imine (C=N–C) groups is 1. The summed E-state index contributed by atoms with van der Waals surface area (Å²) in [6, 6.07) is 5.80. The number of nitrogens with one attached hydrogen (secondary N) is 5. The third-order valence-corrected chi connectivity index (χ3v) is 4.04. The second-order valence-corrected chi connectivity index (χ2v) is 5.49. The number of hydrogen-bond acceptors (Lipinski definition) is 7. The van der Waals surface area contributed by atoms with Gasteiger partial charge in [-0.15, -0.1) is 0 Å². The van der Waals surface area contributed by atoms with Crippen LogP contribution in [0.25, 0.3) is 10.2 Å².